The van der Waals surface area contributed by atoms with E-state index in [2.05, 4.69) is 27.5 Å². The molecule has 0 bridgehead atoms. The van der Waals surface area contributed by atoms with Crippen molar-refractivity contribution in [2.75, 3.05) is 0 Å². The van der Waals surface area contributed by atoms with Gasteiger partial charge in [0.15, 0.2) is 5.60 Å². The lowest BCUT2D eigenvalue weighted by Crippen LogP contribution is -2.43. The van der Waals surface area contributed by atoms with Crippen molar-refractivity contribution < 1.29 is 9.90 Å². The molecule has 0 aliphatic heterocycles. The lowest BCUT2D eigenvalue weighted by Gasteiger charge is -2.27. The van der Waals surface area contributed by atoms with Crippen LogP contribution in [0.25, 0.3) is 0 Å². The Hall–Kier alpha value is -3.18. The van der Waals surface area contributed by atoms with Crippen LogP contribution in [-0.2, 0) is 10.4 Å². The predicted molar refractivity (Wildman–Crippen MR) is 118 cm³/mol. The highest BCUT2D eigenvalue weighted by atomic mass is 16.3. The molecule has 0 radical (unpaired) electrons. The number of hydrogen-bond donors (Lipinski definition) is 2. The fourth-order valence-corrected chi connectivity index (χ4v) is 4.15. The van der Waals surface area contributed by atoms with Gasteiger partial charge in [-0.2, -0.15) is 5.10 Å². The Morgan fingerprint density at radius 1 is 0.967 bits per heavy atom. The van der Waals surface area contributed by atoms with Gasteiger partial charge in [-0.3, -0.25) is 4.79 Å². The molecular weight excluding hydrogens is 374 g/mol. The van der Waals surface area contributed by atoms with Gasteiger partial charge in [-0.25, -0.2) is 5.43 Å². The maximum absolute atomic E-state index is 13.0. The third-order valence-corrected chi connectivity index (χ3v) is 5.83. The monoisotopic (exact) mass is 401 g/mol. The van der Waals surface area contributed by atoms with Crippen LogP contribution < -0.4 is 5.43 Å². The topological polar surface area (TPSA) is 66.6 Å². The lowest BCUT2D eigenvalue weighted by atomic mass is 9.85. The normalized spacial score (nSPS) is 15.4. The van der Waals surface area contributed by atoms with E-state index in [0.717, 1.165) is 5.56 Å². The summed E-state index contributed by atoms with van der Waals surface area (Å²) >= 11 is 0. The molecule has 1 aliphatic carbocycles. The number of carbonyl (C=O) groups is 1. The maximum Gasteiger partial charge on any atom is 0.281 e. The first-order valence-corrected chi connectivity index (χ1v) is 10.5. The molecule has 5 nitrogen and oxygen atoms in total. The molecule has 0 atom stereocenters. The van der Waals surface area contributed by atoms with Crippen molar-refractivity contribution in [1.29, 1.82) is 0 Å². The second-order valence-corrected chi connectivity index (χ2v) is 7.83. The van der Waals surface area contributed by atoms with E-state index in [9.17, 15) is 9.90 Å². The number of aliphatic hydroxyl groups is 1. The molecule has 1 saturated carbocycles. The number of rotatable bonds is 6. The van der Waals surface area contributed by atoms with Crippen molar-refractivity contribution in [3.8, 4) is 0 Å². The Morgan fingerprint density at radius 3 is 2.17 bits per heavy atom. The van der Waals surface area contributed by atoms with Crippen LogP contribution >= 0.6 is 0 Å². The van der Waals surface area contributed by atoms with Gasteiger partial charge in [0.1, 0.15) is 0 Å². The Balaban J connectivity index is 1.50. The summed E-state index contributed by atoms with van der Waals surface area (Å²) in [6.45, 7) is 0. The zero-order valence-electron chi connectivity index (χ0n) is 16.9. The molecule has 154 valence electrons. The van der Waals surface area contributed by atoms with E-state index < -0.39 is 11.5 Å². The number of nitrogens with zero attached hydrogens (tertiary/aromatic N) is 2. The minimum absolute atomic E-state index is 0.493. The number of nitrogens with one attached hydrogen (secondary N) is 1. The SMILES string of the molecule is O=C(N/N=C\c1ccn(C2CCCCC2)c1)C(O)(c1ccccc1)c1ccccc1. The minimum Gasteiger partial charge on any atom is -0.372 e. The summed E-state index contributed by atoms with van der Waals surface area (Å²) in [6, 6.07) is 20.4. The first-order valence-electron chi connectivity index (χ1n) is 10.5. The largest absolute Gasteiger partial charge is 0.372 e. The van der Waals surface area contributed by atoms with Gasteiger partial charge in [-0.15, -0.1) is 0 Å². The van der Waals surface area contributed by atoms with Gasteiger partial charge in [-0.05, 0) is 30.0 Å². The van der Waals surface area contributed by atoms with E-state index in [4.69, 9.17) is 0 Å². The molecule has 0 spiro atoms. The molecular formula is C25H27N3O2. The highest BCUT2D eigenvalue weighted by molar-refractivity contribution is 5.91. The van der Waals surface area contributed by atoms with Crippen molar-refractivity contribution >= 4 is 12.1 Å². The fourth-order valence-electron chi connectivity index (χ4n) is 4.15. The molecule has 1 heterocycles. The highest BCUT2D eigenvalue weighted by Gasteiger charge is 2.39. The van der Waals surface area contributed by atoms with Gasteiger partial charge in [0.25, 0.3) is 5.91 Å². The van der Waals surface area contributed by atoms with Gasteiger partial charge in [-0.1, -0.05) is 79.9 Å². The van der Waals surface area contributed by atoms with Gasteiger partial charge >= 0.3 is 0 Å². The second kappa shape index (κ2) is 9.09. The van der Waals surface area contributed by atoms with E-state index in [0.29, 0.717) is 17.2 Å². The lowest BCUT2D eigenvalue weighted by molar-refractivity contribution is -0.136. The standard InChI is InChI=1S/C25H27N3O2/c29-24(25(30,21-10-4-1-5-11-21)22-12-6-2-7-13-22)27-26-18-20-16-17-28(19-20)23-14-8-3-9-15-23/h1-2,4-7,10-13,16-19,23,30H,3,8-9,14-15H2,(H,27,29)/b26-18-. The van der Waals surface area contributed by atoms with Crippen LogP contribution in [0.15, 0.2) is 84.2 Å². The second-order valence-electron chi connectivity index (χ2n) is 7.83. The first kappa shape index (κ1) is 20.1. The number of aromatic nitrogens is 1. The zero-order chi connectivity index (χ0) is 20.8. The summed E-state index contributed by atoms with van der Waals surface area (Å²) in [5.41, 5.74) is 2.61. The van der Waals surface area contributed by atoms with Gasteiger partial charge in [0.05, 0.1) is 6.21 Å². The average molecular weight is 402 g/mol. The smallest absolute Gasteiger partial charge is 0.281 e. The third-order valence-electron chi connectivity index (χ3n) is 5.83. The molecule has 4 rings (SSSR count). The molecule has 0 unspecified atom stereocenters. The molecule has 2 aromatic carbocycles. The third kappa shape index (κ3) is 4.21. The van der Waals surface area contributed by atoms with Crippen molar-refractivity contribution in [1.82, 2.24) is 9.99 Å². The van der Waals surface area contributed by atoms with Crippen LogP contribution in [0.1, 0.15) is 54.8 Å². The quantitative estimate of drug-likeness (QED) is 0.475. The van der Waals surface area contributed by atoms with Crippen LogP contribution in [0.2, 0.25) is 0 Å². The minimum atomic E-state index is -1.83. The molecule has 1 fully saturated rings. The number of amides is 1. The Kier molecular flexibility index (Phi) is 6.10. The van der Waals surface area contributed by atoms with Crippen LogP contribution in [0.3, 0.4) is 0 Å². The van der Waals surface area contributed by atoms with Crippen molar-refractivity contribution in [3.63, 3.8) is 0 Å². The number of benzene rings is 2. The fraction of sp³-hybridized carbons (Fsp3) is 0.280. The first-order chi connectivity index (χ1) is 14.7. The molecule has 3 aromatic rings. The summed E-state index contributed by atoms with van der Waals surface area (Å²) in [5, 5.41) is 15.5. The van der Waals surface area contributed by atoms with Gasteiger partial charge < -0.3 is 9.67 Å². The number of hydrogen-bond acceptors (Lipinski definition) is 3. The van der Waals surface area contributed by atoms with E-state index in [1.165, 1.54) is 32.1 Å². The van der Waals surface area contributed by atoms with Crippen molar-refractivity contribution in [2.24, 2.45) is 5.10 Å². The predicted octanol–water partition coefficient (Wildman–Crippen LogP) is 4.38. The number of carbonyl (C=O) groups excluding carboxylic acids is 1. The van der Waals surface area contributed by atoms with Gasteiger partial charge in [0, 0.05) is 24.0 Å². The summed E-state index contributed by atoms with van der Waals surface area (Å²) in [4.78, 5) is 13.0. The molecule has 5 heteroatoms. The van der Waals surface area contributed by atoms with E-state index in [1.807, 2.05) is 18.2 Å². The van der Waals surface area contributed by atoms with Crippen LogP contribution in [0, 0.1) is 0 Å². The molecule has 0 saturated heterocycles. The van der Waals surface area contributed by atoms with Crippen LogP contribution in [0.4, 0.5) is 0 Å². The maximum atomic E-state index is 13.0. The highest BCUT2D eigenvalue weighted by Crippen LogP contribution is 2.30. The van der Waals surface area contributed by atoms with Gasteiger partial charge in [0.2, 0.25) is 0 Å². The Labute approximate surface area is 177 Å². The molecule has 2 N–H and O–H groups in total. The molecule has 30 heavy (non-hydrogen) atoms. The molecule has 1 amide bonds. The zero-order valence-corrected chi connectivity index (χ0v) is 16.9. The van der Waals surface area contributed by atoms with E-state index >= 15 is 0 Å². The molecule has 1 aromatic heterocycles. The van der Waals surface area contributed by atoms with Crippen LogP contribution in [-0.4, -0.2) is 21.8 Å². The molecule has 1 aliphatic rings. The Morgan fingerprint density at radius 2 is 1.57 bits per heavy atom. The van der Waals surface area contributed by atoms with Crippen molar-refractivity contribution in [3.05, 3.63) is 95.8 Å². The summed E-state index contributed by atoms with van der Waals surface area (Å²) in [6.07, 6.45) is 12.1. The Bertz CT molecular complexity index is 950. The summed E-state index contributed by atoms with van der Waals surface area (Å²) in [5.74, 6) is -0.595. The van der Waals surface area contributed by atoms with E-state index in [-0.39, 0.29) is 0 Å². The average Bonchev–Trinajstić information content (AvgIpc) is 3.29. The van der Waals surface area contributed by atoms with E-state index in [1.54, 1.807) is 54.7 Å². The number of hydrazone groups is 1. The summed E-state index contributed by atoms with van der Waals surface area (Å²) in [7, 11) is 0. The van der Waals surface area contributed by atoms with Crippen LogP contribution in [0.5, 0.6) is 0 Å². The summed E-state index contributed by atoms with van der Waals surface area (Å²) < 4.78 is 2.24. The van der Waals surface area contributed by atoms with Crippen molar-refractivity contribution in [2.45, 2.75) is 43.7 Å².